The predicted molar refractivity (Wildman–Crippen MR) is 140 cm³/mol. The SMILES string of the molecule is c1cc2c3c(c1)[Se]c1ccc(-c4cc5ccccc5cn4)c4c1B3c1c(cccc1[Se]4)[Se]2. The molecule has 0 saturated heterocycles. The van der Waals surface area contributed by atoms with Gasteiger partial charge in [0.1, 0.15) is 0 Å². The zero-order valence-electron chi connectivity index (χ0n) is 16.8. The molecule has 4 heterocycles. The van der Waals surface area contributed by atoms with E-state index in [2.05, 4.69) is 78.9 Å². The Morgan fingerprint density at radius 2 is 1.19 bits per heavy atom. The first-order valence-corrected chi connectivity index (χ1v) is 15.8. The van der Waals surface area contributed by atoms with Gasteiger partial charge in [0.15, 0.2) is 0 Å². The standard InChI is InChI=1S/C27H14BNSe3/c1-2-6-16-14-29-18(13-15(16)5-1)17-11-12-23-26-27(17)32-22-10-4-9-21-25(22)28(26)24-19(30-21)7-3-8-20(24)31-23/h1-14H. The number of benzene rings is 4. The topological polar surface area (TPSA) is 12.9 Å². The van der Waals surface area contributed by atoms with Gasteiger partial charge in [0, 0.05) is 0 Å². The number of rotatable bonds is 1. The molecule has 8 rings (SSSR count). The molecule has 0 unspecified atom stereocenters. The number of nitrogens with zero attached hydrogens (tertiary/aromatic N) is 1. The average molecular weight is 600 g/mol. The molecule has 5 heteroatoms. The van der Waals surface area contributed by atoms with Crippen molar-refractivity contribution in [1.82, 2.24) is 4.98 Å². The summed E-state index contributed by atoms with van der Waals surface area (Å²) in [5, 5.41) is 2.48. The molecule has 5 aromatic rings. The van der Waals surface area contributed by atoms with Crippen LogP contribution in [0.15, 0.2) is 85.1 Å². The summed E-state index contributed by atoms with van der Waals surface area (Å²) < 4.78 is 9.56. The van der Waals surface area contributed by atoms with Gasteiger partial charge in [-0.25, -0.2) is 0 Å². The van der Waals surface area contributed by atoms with E-state index in [1.54, 1.807) is 43.2 Å². The number of fused-ring (bicyclic) bond motifs is 1. The average Bonchev–Trinajstić information content (AvgIpc) is 2.84. The van der Waals surface area contributed by atoms with Gasteiger partial charge < -0.3 is 0 Å². The molecule has 148 valence electrons. The van der Waals surface area contributed by atoms with Gasteiger partial charge in [-0.15, -0.1) is 0 Å². The van der Waals surface area contributed by atoms with Crippen LogP contribution >= 0.6 is 0 Å². The Kier molecular flexibility index (Phi) is 3.85. The third kappa shape index (κ3) is 2.45. The maximum atomic E-state index is 4.93. The van der Waals surface area contributed by atoms with E-state index in [0.717, 1.165) is 5.69 Å². The molecule has 1 aromatic heterocycles. The molecule has 32 heavy (non-hydrogen) atoms. The first kappa shape index (κ1) is 18.4. The normalized spacial score (nSPS) is 14.4. The van der Waals surface area contributed by atoms with Gasteiger partial charge >= 0.3 is 207 Å². The monoisotopic (exact) mass is 603 g/mol. The van der Waals surface area contributed by atoms with Crippen molar-refractivity contribution >= 4 is 106 Å². The minimum absolute atomic E-state index is 0.311. The minimum atomic E-state index is 0.311. The van der Waals surface area contributed by atoms with Crippen LogP contribution in [0.1, 0.15) is 0 Å². The van der Waals surface area contributed by atoms with Crippen LogP contribution in [0.4, 0.5) is 0 Å². The number of hydrogen-bond donors (Lipinski definition) is 0. The summed E-state index contributed by atoms with van der Waals surface area (Å²) in [5.41, 5.74) is 7.40. The van der Waals surface area contributed by atoms with Crippen molar-refractivity contribution in [3.05, 3.63) is 85.1 Å². The van der Waals surface area contributed by atoms with Crippen molar-refractivity contribution in [3.8, 4) is 11.3 Å². The Labute approximate surface area is 205 Å². The molecule has 0 bridgehead atoms. The second-order valence-electron chi connectivity index (χ2n) is 8.35. The van der Waals surface area contributed by atoms with Crippen LogP contribution in [0.5, 0.6) is 0 Å². The van der Waals surface area contributed by atoms with Crippen molar-refractivity contribution < 1.29 is 0 Å². The van der Waals surface area contributed by atoms with Gasteiger partial charge in [0.25, 0.3) is 0 Å². The van der Waals surface area contributed by atoms with E-state index in [1.807, 2.05) is 6.20 Å². The summed E-state index contributed by atoms with van der Waals surface area (Å²) in [6.45, 7) is 0.430. The second-order valence-corrected chi connectivity index (χ2v) is 15.1. The zero-order valence-corrected chi connectivity index (χ0v) is 22.0. The molecule has 0 radical (unpaired) electrons. The van der Waals surface area contributed by atoms with E-state index in [9.17, 15) is 0 Å². The Balaban J connectivity index is 1.44. The fourth-order valence-electron chi connectivity index (χ4n) is 5.24. The first-order chi connectivity index (χ1) is 15.8. The summed E-state index contributed by atoms with van der Waals surface area (Å²) in [6, 6.07) is 29.8. The molecule has 0 amide bonds. The van der Waals surface area contributed by atoms with E-state index in [1.165, 1.54) is 16.3 Å². The van der Waals surface area contributed by atoms with Gasteiger partial charge in [-0.05, 0) is 0 Å². The molecule has 3 aliphatic heterocycles. The summed E-state index contributed by atoms with van der Waals surface area (Å²) >= 11 is 1.12. The summed E-state index contributed by atoms with van der Waals surface area (Å²) in [5.74, 6) is 0. The van der Waals surface area contributed by atoms with Crippen LogP contribution in [0.3, 0.4) is 0 Å². The van der Waals surface area contributed by atoms with E-state index in [-0.39, 0.29) is 0 Å². The molecule has 3 aliphatic rings. The van der Waals surface area contributed by atoms with Crippen molar-refractivity contribution in [2.75, 3.05) is 0 Å². The molecule has 0 N–H and O–H groups in total. The van der Waals surface area contributed by atoms with E-state index in [0.29, 0.717) is 51.6 Å². The molecular weight excluding hydrogens is 586 g/mol. The summed E-state index contributed by atoms with van der Waals surface area (Å²) in [4.78, 5) is 4.93. The summed E-state index contributed by atoms with van der Waals surface area (Å²) in [6.07, 6.45) is 2.04. The van der Waals surface area contributed by atoms with Gasteiger partial charge in [-0.2, -0.15) is 0 Å². The molecule has 0 aliphatic carbocycles. The molecule has 1 nitrogen and oxygen atoms in total. The van der Waals surface area contributed by atoms with Crippen LogP contribution in [-0.2, 0) is 0 Å². The number of hydrogen-bond acceptors (Lipinski definition) is 1. The van der Waals surface area contributed by atoms with Gasteiger partial charge in [0.2, 0.25) is 0 Å². The van der Waals surface area contributed by atoms with Crippen molar-refractivity contribution in [2.24, 2.45) is 0 Å². The molecule has 0 spiro atoms. The van der Waals surface area contributed by atoms with Crippen molar-refractivity contribution in [3.63, 3.8) is 0 Å². The van der Waals surface area contributed by atoms with Gasteiger partial charge in [-0.1, -0.05) is 0 Å². The fraction of sp³-hybridized carbons (Fsp3) is 0. The van der Waals surface area contributed by atoms with Crippen LogP contribution in [0, 0.1) is 0 Å². The maximum absolute atomic E-state index is 4.93. The molecule has 0 atom stereocenters. The molecule has 0 saturated carbocycles. The van der Waals surface area contributed by atoms with Crippen LogP contribution in [0.25, 0.3) is 22.0 Å². The Bertz CT molecular complexity index is 1590. The van der Waals surface area contributed by atoms with Crippen molar-refractivity contribution in [2.45, 2.75) is 0 Å². The molecule has 0 fully saturated rings. The summed E-state index contributed by atoms with van der Waals surface area (Å²) in [7, 11) is 0. The quantitative estimate of drug-likeness (QED) is 0.206. The molecular formula is C27H14BNSe3. The molecule has 4 aromatic carbocycles. The fourth-order valence-corrected chi connectivity index (χ4v) is 14.0. The predicted octanol–water partition coefficient (Wildman–Crippen LogP) is -1.68. The van der Waals surface area contributed by atoms with Crippen molar-refractivity contribution in [1.29, 1.82) is 0 Å². The first-order valence-electron chi connectivity index (χ1n) is 10.7. The Morgan fingerprint density at radius 1 is 0.562 bits per heavy atom. The van der Waals surface area contributed by atoms with Gasteiger partial charge in [0.05, 0.1) is 0 Å². The van der Waals surface area contributed by atoms with E-state index < -0.39 is 0 Å². The zero-order chi connectivity index (χ0) is 20.8. The Morgan fingerprint density at radius 3 is 1.91 bits per heavy atom. The third-order valence-electron chi connectivity index (χ3n) is 6.63. The van der Waals surface area contributed by atoms with E-state index in [4.69, 9.17) is 4.98 Å². The second kappa shape index (κ2) is 6.72. The Hall–Kier alpha value is -2.09. The third-order valence-corrected chi connectivity index (χ3v) is 14.0. The number of pyridine rings is 1. The van der Waals surface area contributed by atoms with Crippen LogP contribution < -0.4 is 43.2 Å². The number of aromatic nitrogens is 1. The van der Waals surface area contributed by atoms with Crippen LogP contribution in [-0.4, -0.2) is 56.6 Å². The van der Waals surface area contributed by atoms with Gasteiger partial charge in [-0.3, -0.25) is 0 Å². The van der Waals surface area contributed by atoms with E-state index >= 15 is 0 Å². The van der Waals surface area contributed by atoms with Crippen LogP contribution in [0.2, 0.25) is 0 Å².